The first kappa shape index (κ1) is 11.5. The number of nitrogens with zero attached hydrogens (tertiary/aromatic N) is 1. The maximum Gasteiger partial charge on any atom is 0.192 e. The molecular formula is C16H15N3. The highest BCUT2D eigenvalue weighted by molar-refractivity contribution is 6.07. The Morgan fingerprint density at radius 1 is 0.947 bits per heavy atom. The second-order valence-electron chi connectivity index (χ2n) is 4.64. The number of rotatable bonds is 1. The molecule has 3 N–H and O–H groups in total. The summed E-state index contributed by atoms with van der Waals surface area (Å²) in [5.41, 5.74) is 6.54. The second-order valence-corrected chi connectivity index (χ2v) is 4.64. The minimum Gasteiger partial charge on any atom is -0.370 e. The summed E-state index contributed by atoms with van der Waals surface area (Å²) in [6, 6.07) is 18.7. The van der Waals surface area contributed by atoms with Crippen LogP contribution in [-0.2, 0) is 0 Å². The van der Waals surface area contributed by atoms with E-state index in [1.165, 1.54) is 10.8 Å². The van der Waals surface area contributed by atoms with Crippen molar-refractivity contribution in [3.8, 4) is 0 Å². The second kappa shape index (κ2) is 4.28. The Labute approximate surface area is 111 Å². The van der Waals surface area contributed by atoms with Crippen molar-refractivity contribution in [3.05, 3.63) is 54.6 Å². The van der Waals surface area contributed by atoms with Gasteiger partial charge in [0, 0.05) is 12.4 Å². The molecule has 19 heavy (non-hydrogen) atoms. The van der Waals surface area contributed by atoms with Crippen LogP contribution < -0.4 is 10.6 Å². The standard InChI is InChI=1S/C16H15N3/c1-19(16(17)18)15-8-4-7-13-9-11-5-2-3-6-12(11)10-14(13)15/h2-10H,1H3,(H3,17,18). The Morgan fingerprint density at radius 3 is 2.26 bits per heavy atom. The van der Waals surface area contributed by atoms with Crippen LogP contribution in [0.1, 0.15) is 0 Å². The average Bonchev–Trinajstić information content (AvgIpc) is 2.43. The van der Waals surface area contributed by atoms with Crippen molar-refractivity contribution < 1.29 is 0 Å². The lowest BCUT2D eigenvalue weighted by atomic mass is 10.0. The zero-order valence-corrected chi connectivity index (χ0v) is 10.7. The van der Waals surface area contributed by atoms with Gasteiger partial charge in [-0.2, -0.15) is 0 Å². The summed E-state index contributed by atoms with van der Waals surface area (Å²) in [5.74, 6) is 0.0423. The molecule has 0 saturated heterocycles. The molecule has 3 rings (SSSR count). The molecule has 3 aromatic carbocycles. The van der Waals surface area contributed by atoms with Gasteiger partial charge in [0.1, 0.15) is 0 Å². The van der Waals surface area contributed by atoms with Crippen molar-refractivity contribution >= 4 is 33.2 Å². The zero-order chi connectivity index (χ0) is 13.4. The number of guanidine groups is 1. The van der Waals surface area contributed by atoms with Gasteiger partial charge in [0.05, 0.1) is 5.69 Å². The molecule has 0 radical (unpaired) electrons. The van der Waals surface area contributed by atoms with Gasteiger partial charge >= 0.3 is 0 Å². The summed E-state index contributed by atoms with van der Waals surface area (Å²) in [6.07, 6.45) is 0. The Hall–Kier alpha value is -2.55. The summed E-state index contributed by atoms with van der Waals surface area (Å²) in [7, 11) is 1.81. The zero-order valence-electron chi connectivity index (χ0n) is 10.7. The highest BCUT2D eigenvalue weighted by atomic mass is 15.2. The predicted octanol–water partition coefficient (Wildman–Crippen LogP) is 3.32. The molecule has 3 aromatic rings. The van der Waals surface area contributed by atoms with E-state index < -0.39 is 0 Å². The Bertz CT molecular complexity index is 777. The fourth-order valence-electron chi connectivity index (χ4n) is 2.37. The van der Waals surface area contributed by atoms with Crippen molar-refractivity contribution in [1.82, 2.24) is 0 Å². The van der Waals surface area contributed by atoms with Crippen LogP contribution in [0.5, 0.6) is 0 Å². The summed E-state index contributed by atoms with van der Waals surface area (Å²) in [5, 5.41) is 12.3. The Balaban J connectivity index is 2.35. The Kier molecular flexibility index (Phi) is 2.60. The molecule has 3 nitrogen and oxygen atoms in total. The van der Waals surface area contributed by atoms with Crippen molar-refractivity contribution in [2.24, 2.45) is 5.73 Å². The number of benzene rings is 3. The van der Waals surface area contributed by atoms with E-state index in [9.17, 15) is 0 Å². The molecule has 0 heterocycles. The van der Waals surface area contributed by atoms with E-state index in [0.29, 0.717) is 0 Å². The fraction of sp³-hybridized carbons (Fsp3) is 0.0625. The van der Waals surface area contributed by atoms with Gasteiger partial charge in [0.2, 0.25) is 0 Å². The summed E-state index contributed by atoms with van der Waals surface area (Å²) >= 11 is 0. The molecule has 0 spiro atoms. The molecule has 0 saturated carbocycles. The lowest BCUT2D eigenvalue weighted by Gasteiger charge is -2.19. The predicted molar refractivity (Wildman–Crippen MR) is 81.8 cm³/mol. The van der Waals surface area contributed by atoms with Crippen molar-refractivity contribution in [3.63, 3.8) is 0 Å². The molecule has 0 bridgehead atoms. The molecule has 0 aliphatic heterocycles. The highest BCUT2D eigenvalue weighted by Crippen LogP contribution is 2.30. The Morgan fingerprint density at radius 2 is 1.58 bits per heavy atom. The number of nitrogens with two attached hydrogens (primary N) is 1. The average molecular weight is 249 g/mol. The van der Waals surface area contributed by atoms with Crippen molar-refractivity contribution in [2.75, 3.05) is 11.9 Å². The van der Waals surface area contributed by atoms with Gasteiger partial charge in [0.15, 0.2) is 5.96 Å². The van der Waals surface area contributed by atoms with Gasteiger partial charge in [-0.15, -0.1) is 0 Å². The molecule has 0 aromatic heterocycles. The molecule has 3 heteroatoms. The topological polar surface area (TPSA) is 53.1 Å². The van der Waals surface area contributed by atoms with E-state index in [0.717, 1.165) is 16.5 Å². The minimum absolute atomic E-state index is 0.0423. The highest BCUT2D eigenvalue weighted by Gasteiger charge is 2.08. The van der Waals surface area contributed by atoms with Crippen LogP contribution in [0, 0.1) is 5.41 Å². The lowest BCUT2D eigenvalue weighted by Crippen LogP contribution is -2.32. The van der Waals surface area contributed by atoms with Gasteiger partial charge in [0.25, 0.3) is 0 Å². The third-order valence-corrected chi connectivity index (χ3v) is 3.45. The van der Waals surface area contributed by atoms with Gasteiger partial charge in [-0.3, -0.25) is 5.41 Å². The molecule has 0 aliphatic carbocycles. The quantitative estimate of drug-likeness (QED) is 0.395. The largest absolute Gasteiger partial charge is 0.370 e. The van der Waals surface area contributed by atoms with E-state index >= 15 is 0 Å². The van der Waals surface area contributed by atoms with Crippen molar-refractivity contribution in [1.29, 1.82) is 5.41 Å². The van der Waals surface area contributed by atoms with Crippen LogP contribution in [0.15, 0.2) is 54.6 Å². The number of hydrogen-bond donors (Lipinski definition) is 2. The molecule has 94 valence electrons. The SMILES string of the molecule is CN(C(=N)N)c1cccc2cc3ccccc3cc12. The third kappa shape index (κ3) is 1.89. The first-order chi connectivity index (χ1) is 9.16. The molecule has 0 aliphatic rings. The van der Waals surface area contributed by atoms with E-state index in [1.807, 2.05) is 31.3 Å². The third-order valence-electron chi connectivity index (χ3n) is 3.45. The number of anilines is 1. The normalized spacial score (nSPS) is 10.8. The van der Waals surface area contributed by atoms with E-state index in [1.54, 1.807) is 4.90 Å². The van der Waals surface area contributed by atoms with Crippen LogP contribution >= 0.6 is 0 Å². The monoisotopic (exact) mass is 249 g/mol. The molecular weight excluding hydrogens is 234 g/mol. The number of hydrogen-bond acceptors (Lipinski definition) is 1. The summed E-state index contributed by atoms with van der Waals surface area (Å²) < 4.78 is 0. The van der Waals surface area contributed by atoms with Crippen molar-refractivity contribution in [2.45, 2.75) is 0 Å². The van der Waals surface area contributed by atoms with Crippen LogP contribution in [0.25, 0.3) is 21.5 Å². The van der Waals surface area contributed by atoms with E-state index in [2.05, 4.69) is 30.3 Å². The van der Waals surface area contributed by atoms with Crippen LogP contribution in [0.4, 0.5) is 5.69 Å². The van der Waals surface area contributed by atoms with Gasteiger partial charge in [-0.25, -0.2) is 0 Å². The van der Waals surface area contributed by atoms with Gasteiger partial charge in [-0.1, -0.05) is 36.4 Å². The molecule has 0 fully saturated rings. The van der Waals surface area contributed by atoms with E-state index in [-0.39, 0.29) is 5.96 Å². The van der Waals surface area contributed by atoms with Crippen LogP contribution in [0.3, 0.4) is 0 Å². The van der Waals surface area contributed by atoms with Crippen LogP contribution in [-0.4, -0.2) is 13.0 Å². The molecule has 0 atom stereocenters. The van der Waals surface area contributed by atoms with Gasteiger partial charge < -0.3 is 10.6 Å². The van der Waals surface area contributed by atoms with Gasteiger partial charge in [-0.05, 0) is 34.4 Å². The molecule has 0 unspecified atom stereocenters. The number of fused-ring (bicyclic) bond motifs is 2. The summed E-state index contributed by atoms with van der Waals surface area (Å²) in [4.78, 5) is 1.69. The maximum absolute atomic E-state index is 7.58. The maximum atomic E-state index is 7.58. The van der Waals surface area contributed by atoms with Crippen LogP contribution in [0.2, 0.25) is 0 Å². The first-order valence-corrected chi connectivity index (χ1v) is 6.16. The summed E-state index contributed by atoms with van der Waals surface area (Å²) in [6.45, 7) is 0. The lowest BCUT2D eigenvalue weighted by molar-refractivity contribution is 1.21. The fourth-order valence-corrected chi connectivity index (χ4v) is 2.37. The number of nitrogens with one attached hydrogen (secondary N) is 1. The van der Waals surface area contributed by atoms with E-state index in [4.69, 9.17) is 11.1 Å². The molecule has 0 amide bonds. The smallest absolute Gasteiger partial charge is 0.192 e. The minimum atomic E-state index is 0.0423. The first-order valence-electron chi connectivity index (χ1n) is 6.16.